The van der Waals surface area contributed by atoms with Gasteiger partial charge in [0.05, 0.1) is 5.60 Å². The zero-order valence-corrected chi connectivity index (χ0v) is 12.6. The molecule has 1 amide bonds. The van der Waals surface area contributed by atoms with Crippen molar-refractivity contribution >= 4 is 6.41 Å². The SMILES string of the molecule is CC(C)/C=C/[C@@H]1O[C@@]1(C)C1CCC(C)(NC=O)CC1. The van der Waals surface area contributed by atoms with Crippen molar-refractivity contribution in [3.05, 3.63) is 12.2 Å². The summed E-state index contributed by atoms with van der Waals surface area (Å²) in [6.45, 7) is 8.76. The van der Waals surface area contributed by atoms with Crippen molar-refractivity contribution in [2.24, 2.45) is 11.8 Å². The molecule has 108 valence electrons. The molecule has 3 heteroatoms. The molecule has 2 atom stereocenters. The highest BCUT2D eigenvalue weighted by Crippen LogP contribution is 2.50. The van der Waals surface area contributed by atoms with Gasteiger partial charge >= 0.3 is 0 Å². The summed E-state index contributed by atoms with van der Waals surface area (Å²) in [6.07, 6.45) is 9.97. The van der Waals surface area contributed by atoms with Crippen molar-refractivity contribution in [1.29, 1.82) is 0 Å². The van der Waals surface area contributed by atoms with E-state index in [4.69, 9.17) is 4.74 Å². The van der Waals surface area contributed by atoms with Crippen molar-refractivity contribution < 1.29 is 9.53 Å². The van der Waals surface area contributed by atoms with Crippen molar-refractivity contribution in [3.8, 4) is 0 Å². The van der Waals surface area contributed by atoms with E-state index < -0.39 is 0 Å². The van der Waals surface area contributed by atoms with Gasteiger partial charge in [-0.25, -0.2) is 0 Å². The van der Waals surface area contributed by atoms with Crippen LogP contribution in [0.1, 0.15) is 53.4 Å². The first-order valence-corrected chi connectivity index (χ1v) is 7.47. The van der Waals surface area contributed by atoms with E-state index in [9.17, 15) is 4.79 Å². The van der Waals surface area contributed by atoms with Gasteiger partial charge in [0.2, 0.25) is 6.41 Å². The molecule has 1 saturated heterocycles. The number of epoxide rings is 1. The highest BCUT2D eigenvalue weighted by Gasteiger charge is 2.56. The highest BCUT2D eigenvalue weighted by atomic mass is 16.6. The van der Waals surface area contributed by atoms with Gasteiger partial charge in [-0.2, -0.15) is 0 Å². The monoisotopic (exact) mass is 265 g/mol. The molecule has 2 fully saturated rings. The van der Waals surface area contributed by atoms with Gasteiger partial charge in [0.15, 0.2) is 0 Å². The van der Waals surface area contributed by atoms with Crippen LogP contribution in [-0.4, -0.2) is 23.7 Å². The van der Waals surface area contributed by atoms with Gasteiger partial charge in [-0.15, -0.1) is 0 Å². The minimum Gasteiger partial charge on any atom is -0.362 e. The summed E-state index contributed by atoms with van der Waals surface area (Å²) >= 11 is 0. The standard InChI is InChI=1S/C16H27NO2/c1-12(2)5-6-14-16(4,19-14)13-7-9-15(3,10-8-13)17-11-18/h5-6,11-14H,7-10H2,1-4H3,(H,17,18)/b6-5+/t13?,14-,15?,16-/m0/s1. The molecular formula is C16H27NO2. The third-order valence-electron chi connectivity index (χ3n) is 4.87. The molecule has 0 aromatic carbocycles. The molecule has 0 aromatic heterocycles. The Kier molecular flexibility index (Phi) is 4.05. The molecule has 0 bridgehead atoms. The smallest absolute Gasteiger partial charge is 0.207 e. The fourth-order valence-electron chi connectivity index (χ4n) is 3.24. The molecule has 3 nitrogen and oxygen atoms in total. The minimum atomic E-state index is -0.00717. The van der Waals surface area contributed by atoms with Crippen LogP contribution in [0.25, 0.3) is 0 Å². The van der Waals surface area contributed by atoms with E-state index in [2.05, 4.69) is 45.2 Å². The van der Waals surface area contributed by atoms with E-state index in [0.29, 0.717) is 17.9 Å². The maximum atomic E-state index is 10.6. The quantitative estimate of drug-likeness (QED) is 0.471. The van der Waals surface area contributed by atoms with Crippen LogP contribution < -0.4 is 5.32 Å². The van der Waals surface area contributed by atoms with Crippen LogP contribution in [-0.2, 0) is 9.53 Å². The molecule has 1 aliphatic carbocycles. The van der Waals surface area contributed by atoms with E-state index in [-0.39, 0.29) is 11.1 Å². The molecule has 0 radical (unpaired) electrons. The normalized spacial score (nSPS) is 42.6. The first-order valence-electron chi connectivity index (χ1n) is 7.47. The van der Waals surface area contributed by atoms with Crippen molar-refractivity contribution in [2.45, 2.75) is 70.6 Å². The average molecular weight is 265 g/mol. The third-order valence-corrected chi connectivity index (χ3v) is 4.87. The maximum absolute atomic E-state index is 10.6. The lowest BCUT2D eigenvalue weighted by Crippen LogP contribution is -2.46. The number of hydrogen-bond donors (Lipinski definition) is 1. The lowest BCUT2D eigenvalue weighted by molar-refractivity contribution is -0.111. The Morgan fingerprint density at radius 1 is 1.26 bits per heavy atom. The minimum absolute atomic E-state index is 0.00717. The molecule has 1 heterocycles. The molecule has 0 aromatic rings. The number of nitrogens with one attached hydrogen (secondary N) is 1. The number of hydrogen-bond acceptors (Lipinski definition) is 2. The largest absolute Gasteiger partial charge is 0.362 e. The Labute approximate surface area is 116 Å². The first-order chi connectivity index (χ1) is 8.89. The number of carbonyl (C=O) groups excluding carboxylic acids is 1. The molecule has 1 aliphatic heterocycles. The van der Waals surface area contributed by atoms with Gasteiger partial charge in [-0.05, 0) is 51.4 Å². The fraction of sp³-hybridized carbons (Fsp3) is 0.812. The summed E-state index contributed by atoms with van der Waals surface area (Å²) in [5.74, 6) is 1.20. The Balaban J connectivity index is 1.87. The zero-order chi connectivity index (χ0) is 14.1. The molecule has 1 N–H and O–H groups in total. The predicted octanol–water partition coefficient (Wildman–Crippen LogP) is 3.05. The van der Waals surface area contributed by atoms with E-state index in [1.54, 1.807) is 0 Å². The summed E-state index contributed by atoms with van der Waals surface area (Å²) in [5.41, 5.74) is 0.0284. The summed E-state index contributed by atoms with van der Waals surface area (Å²) in [6, 6.07) is 0. The Hall–Kier alpha value is -0.830. The fourth-order valence-corrected chi connectivity index (χ4v) is 3.24. The number of rotatable bonds is 5. The van der Waals surface area contributed by atoms with Crippen LogP contribution in [0.3, 0.4) is 0 Å². The average Bonchev–Trinajstić information content (AvgIpc) is 3.00. The number of ether oxygens (including phenoxy) is 1. The first kappa shape index (κ1) is 14.6. The van der Waals surface area contributed by atoms with Crippen LogP contribution in [0.4, 0.5) is 0 Å². The lowest BCUT2D eigenvalue weighted by Gasteiger charge is -2.38. The van der Waals surface area contributed by atoms with Crippen LogP contribution in [0.15, 0.2) is 12.2 Å². The van der Waals surface area contributed by atoms with Crippen LogP contribution in [0, 0.1) is 11.8 Å². The Morgan fingerprint density at radius 3 is 2.42 bits per heavy atom. The van der Waals surface area contributed by atoms with Gasteiger partial charge in [0, 0.05) is 5.54 Å². The summed E-state index contributed by atoms with van der Waals surface area (Å²) in [7, 11) is 0. The number of carbonyl (C=O) groups is 1. The van der Waals surface area contributed by atoms with Gasteiger partial charge < -0.3 is 10.1 Å². The molecule has 2 rings (SSSR count). The van der Waals surface area contributed by atoms with Gasteiger partial charge in [-0.3, -0.25) is 4.79 Å². The second kappa shape index (κ2) is 5.28. The lowest BCUT2D eigenvalue weighted by atomic mass is 9.72. The summed E-state index contributed by atoms with van der Waals surface area (Å²) < 4.78 is 5.95. The highest BCUT2D eigenvalue weighted by molar-refractivity contribution is 5.47. The summed E-state index contributed by atoms with van der Waals surface area (Å²) in [4.78, 5) is 10.6. The van der Waals surface area contributed by atoms with Crippen molar-refractivity contribution in [3.63, 3.8) is 0 Å². The van der Waals surface area contributed by atoms with Crippen LogP contribution in [0.2, 0.25) is 0 Å². The second-order valence-corrected chi connectivity index (χ2v) is 6.95. The van der Waals surface area contributed by atoms with Crippen LogP contribution in [0.5, 0.6) is 0 Å². The predicted molar refractivity (Wildman–Crippen MR) is 76.8 cm³/mol. The molecule has 0 spiro atoms. The third kappa shape index (κ3) is 3.19. The number of allylic oxidation sites excluding steroid dienone is 1. The molecule has 2 aliphatic rings. The van der Waals surface area contributed by atoms with Gasteiger partial charge in [-0.1, -0.05) is 26.0 Å². The topological polar surface area (TPSA) is 41.6 Å². The molecule has 1 saturated carbocycles. The number of amides is 1. The van der Waals surface area contributed by atoms with Crippen molar-refractivity contribution in [1.82, 2.24) is 5.32 Å². The van der Waals surface area contributed by atoms with E-state index >= 15 is 0 Å². The Morgan fingerprint density at radius 2 is 1.89 bits per heavy atom. The maximum Gasteiger partial charge on any atom is 0.207 e. The van der Waals surface area contributed by atoms with E-state index in [1.807, 2.05) is 0 Å². The van der Waals surface area contributed by atoms with Gasteiger partial charge in [0.25, 0.3) is 0 Å². The van der Waals surface area contributed by atoms with E-state index in [1.165, 1.54) is 0 Å². The summed E-state index contributed by atoms with van der Waals surface area (Å²) in [5, 5.41) is 2.97. The molecular weight excluding hydrogens is 238 g/mol. The second-order valence-electron chi connectivity index (χ2n) is 6.95. The van der Waals surface area contributed by atoms with Crippen molar-refractivity contribution in [2.75, 3.05) is 0 Å². The van der Waals surface area contributed by atoms with Gasteiger partial charge in [0.1, 0.15) is 6.10 Å². The van der Waals surface area contributed by atoms with E-state index in [0.717, 1.165) is 32.1 Å². The zero-order valence-electron chi connectivity index (χ0n) is 12.6. The molecule has 19 heavy (non-hydrogen) atoms. The van der Waals surface area contributed by atoms with Crippen LogP contribution >= 0.6 is 0 Å². The molecule has 0 unspecified atom stereocenters. The Bertz CT molecular complexity index is 356.